The van der Waals surface area contributed by atoms with Crippen molar-refractivity contribution in [3.63, 3.8) is 0 Å². The van der Waals surface area contributed by atoms with Crippen LogP contribution in [0.15, 0.2) is 4.52 Å². The van der Waals surface area contributed by atoms with Crippen molar-refractivity contribution in [3.05, 3.63) is 17.0 Å². The van der Waals surface area contributed by atoms with E-state index in [0.29, 0.717) is 17.0 Å². The molecule has 0 radical (unpaired) electrons. The maximum absolute atomic E-state index is 11.6. The Hall–Kier alpha value is -2.58. The predicted octanol–water partition coefficient (Wildman–Crippen LogP) is -0.581. The molecule has 0 saturated carbocycles. The molecule has 3 amide bonds. The van der Waals surface area contributed by atoms with Crippen LogP contribution in [0.25, 0.3) is 0 Å². The van der Waals surface area contributed by atoms with Crippen molar-refractivity contribution in [1.29, 1.82) is 0 Å². The fourth-order valence-electron chi connectivity index (χ4n) is 1.53. The molecule has 0 bridgehead atoms. The van der Waals surface area contributed by atoms with Crippen molar-refractivity contribution in [1.82, 2.24) is 15.8 Å². The summed E-state index contributed by atoms with van der Waals surface area (Å²) in [7, 11) is 0. The number of primary amides is 1. The van der Waals surface area contributed by atoms with E-state index in [-0.39, 0.29) is 6.54 Å². The first-order valence-corrected chi connectivity index (χ1v) is 5.78. The van der Waals surface area contributed by atoms with E-state index in [0.717, 1.165) is 0 Å². The molecule has 9 heteroatoms. The monoisotopic (exact) mass is 284 g/mol. The van der Waals surface area contributed by atoms with Crippen LogP contribution in [0.5, 0.6) is 0 Å². The van der Waals surface area contributed by atoms with E-state index >= 15 is 0 Å². The Balaban J connectivity index is 2.54. The molecule has 0 fully saturated rings. The molecule has 110 valence electrons. The Morgan fingerprint density at radius 1 is 1.40 bits per heavy atom. The number of nitrogens with two attached hydrogens (primary N) is 1. The molecule has 1 aromatic heterocycles. The third-order valence-electron chi connectivity index (χ3n) is 2.62. The number of carboxylic acid groups (broad SMARTS) is 1. The number of amides is 3. The van der Waals surface area contributed by atoms with Crippen LogP contribution in [0.2, 0.25) is 0 Å². The maximum Gasteiger partial charge on any atom is 0.326 e. The highest BCUT2D eigenvalue weighted by Gasteiger charge is 2.22. The topological polar surface area (TPSA) is 148 Å². The summed E-state index contributed by atoms with van der Waals surface area (Å²) in [6.07, 6.45) is -0.478. The Kier molecular flexibility index (Phi) is 5.07. The van der Waals surface area contributed by atoms with Gasteiger partial charge in [0.05, 0.1) is 12.1 Å². The van der Waals surface area contributed by atoms with Crippen molar-refractivity contribution in [2.45, 2.75) is 32.9 Å². The number of rotatable bonds is 6. The van der Waals surface area contributed by atoms with Crippen molar-refractivity contribution in [2.24, 2.45) is 5.73 Å². The molecule has 0 spiro atoms. The molecule has 5 N–H and O–H groups in total. The molecular weight excluding hydrogens is 268 g/mol. The summed E-state index contributed by atoms with van der Waals surface area (Å²) in [5, 5.41) is 17.2. The number of hydrogen-bond acceptors (Lipinski definition) is 5. The Labute approximate surface area is 114 Å². The van der Waals surface area contributed by atoms with Gasteiger partial charge < -0.3 is 26.0 Å². The number of aromatic nitrogens is 1. The van der Waals surface area contributed by atoms with E-state index in [2.05, 4.69) is 15.8 Å². The summed E-state index contributed by atoms with van der Waals surface area (Å²) in [5.74, 6) is -1.59. The maximum atomic E-state index is 11.6. The third-order valence-corrected chi connectivity index (χ3v) is 2.62. The lowest BCUT2D eigenvalue weighted by Crippen LogP contribution is -2.47. The lowest BCUT2D eigenvalue weighted by atomic mass is 10.2. The van der Waals surface area contributed by atoms with Crippen LogP contribution in [-0.2, 0) is 16.1 Å². The molecule has 1 heterocycles. The minimum Gasteiger partial charge on any atom is -0.480 e. The van der Waals surface area contributed by atoms with Crippen LogP contribution in [0.3, 0.4) is 0 Å². The molecule has 0 saturated heterocycles. The molecule has 1 aromatic rings. The van der Waals surface area contributed by atoms with Crippen LogP contribution in [0, 0.1) is 13.8 Å². The van der Waals surface area contributed by atoms with Gasteiger partial charge in [0.2, 0.25) is 5.91 Å². The van der Waals surface area contributed by atoms with Gasteiger partial charge in [-0.3, -0.25) is 4.79 Å². The minimum absolute atomic E-state index is 0.135. The van der Waals surface area contributed by atoms with E-state index in [1.807, 2.05) is 0 Å². The lowest BCUT2D eigenvalue weighted by molar-refractivity contribution is -0.140. The molecule has 1 unspecified atom stereocenters. The van der Waals surface area contributed by atoms with Gasteiger partial charge in [-0.05, 0) is 13.8 Å². The lowest BCUT2D eigenvalue weighted by Gasteiger charge is -2.13. The SMILES string of the molecule is Cc1noc(C)c1CNC(=O)NC(CC(N)=O)C(=O)O. The number of hydrogen-bond donors (Lipinski definition) is 4. The number of aliphatic carboxylic acids is 1. The number of nitrogens with zero attached hydrogens (tertiary/aromatic N) is 1. The van der Waals surface area contributed by atoms with Gasteiger partial charge in [0.25, 0.3) is 0 Å². The highest BCUT2D eigenvalue weighted by Crippen LogP contribution is 2.11. The summed E-state index contributed by atoms with van der Waals surface area (Å²) in [6.45, 7) is 3.55. The van der Waals surface area contributed by atoms with Crippen LogP contribution in [-0.4, -0.2) is 34.2 Å². The molecule has 9 nitrogen and oxygen atoms in total. The van der Waals surface area contributed by atoms with Gasteiger partial charge in [0.1, 0.15) is 11.8 Å². The van der Waals surface area contributed by atoms with Gasteiger partial charge in [-0.15, -0.1) is 0 Å². The standard InChI is InChI=1S/C11H16N4O5/c1-5-7(6(2)20-15-5)4-13-11(19)14-8(10(17)18)3-9(12)16/h8H,3-4H2,1-2H3,(H2,12,16)(H,17,18)(H2,13,14,19). The van der Waals surface area contributed by atoms with Gasteiger partial charge in [0.15, 0.2) is 0 Å². The molecule has 0 aromatic carbocycles. The molecule has 1 atom stereocenters. The summed E-state index contributed by atoms with van der Waals surface area (Å²) >= 11 is 0. The number of carbonyl (C=O) groups is 3. The van der Waals surface area contributed by atoms with Gasteiger partial charge in [-0.1, -0.05) is 5.16 Å². The number of carbonyl (C=O) groups excluding carboxylic acids is 2. The van der Waals surface area contributed by atoms with Crippen molar-refractivity contribution in [2.75, 3.05) is 0 Å². The molecule has 0 aliphatic heterocycles. The van der Waals surface area contributed by atoms with E-state index < -0.39 is 30.4 Å². The predicted molar refractivity (Wildman–Crippen MR) is 66.6 cm³/mol. The second-order valence-electron chi connectivity index (χ2n) is 4.19. The van der Waals surface area contributed by atoms with Gasteiger partial charge in [-0.25, -0.2) is 9.59 Å². The molecule has 1 rings (SSSR count). The minimum atomic E-state index is -1.36. The smallest absolute Gasteiger partial charge is 0.326 e. The van der Waals surface area contributed by atoms with Crippen LogP contribution < -0.4 is 16.4 Å². The summed E-state index contributed by atoms with van der Waals surface area (Å²) in [4.78, 5) is 33.1. The van der Waals surface area contributed by atoms with E-state index in [1.54, 1.807) is 13.8 Å². The second-order valence-corrected chi connectivity index (χ2v) is 4.19. The quantitative estimate of drug-likeness (QED) is 0.549. The summed E-state index contributed by atoms with van der Waals surface area (Å²) < 4.78 is 4.92. The van der Waals surface area contributed by atoms with Crippen LogP contribution in [0.1, 0.15) is 23.4 Å². The fraction of sp³-hybridized carbons (Fsp3) is 0.455. The third kappa shape index (κ3) is 4.26. The zero-order chi connectivity index (χ0) is 15.3. The Bertz CT molecular complexity index is 505. The van der Waals surface area contributed by atoms with Crippen molar-refractivity contribution >= 4 is 17.9 Å². The molecular formula is C11H16N4O5. The molecule has 20 heavy (non-hydrogen) atoms. The zero-order valence-electron chi connectivity index (χ0n) is 11.1. The number of urea groups is 1. The Morgan fingerprint density at radius 3 is 2.50 bits per heavy atom. The fourth-order valence-corrected chi connectivity index (χ4v) is 1.53. The van der Waals surface area contributed by atoms with Crippen LogP contribution in [0.4, 0.5) is 4.79 Å². The first kappa shape index (κ1) is 15.5. The number of aryl methyl sites for hydroxylation is 2. The summed E-state index contributed by atoms with van der Waals surface area (Å²) in [6, 6.07) is -2.09. The first-order chi connectivity index (χ1) is 9.31. The van der Waals surface area contributed by atoms with Gasteiger partial charge in [-0.2, -0.15) is 0 Å². The average molecular weight is 284 g/mol. The van der Waals surface area contributed by atoms with Crippen molar-refractivity contribution in [3.8, 4) is 0 Å². The van der Waals surface area contributed by atoms with E-state index in [1.165, 1.54) is 0 Å². The number of carboxylic acids is 1. The van der Waals surface area contributed by atoms with Crippen LogP contribution >= 0.6 is 0 Å². The van der Waals surface area contributed by atoms with E-state index in [9.17, 15) is 14.4 Å². The van der Waals surface area contributed by atoms with Gasteiger partial charge in [0, 0.05) is 12.1 Å². The van der Waals surface area contributed by atoms with Crippen molar-refractivity contribution < 1.29 is 24.0 Å². The first-order valence-electron chi connectivity index (χ1n) is 5.78. The largest absolute Gasteiger partial charge is 0.480 e. The van der Waals surface area contributed by atoms with E-state index in [4.69, 9.17) is 15.4 Å². The average Bonchev–Trinajstić information content (AvgIpc) is 2.65. The zero-order valence-corrected chi connectivity index (χ0v) is 11.1. The second kappa shape index (κ2) is 6.55. The Morgan fingerprint density at radius 2 is 2.05 bits per heavy atom. The number of nitrogens with one attached hydrogen (secondary N) is 2. The molecule has 0 aliphatic carbocycles. The normalized spacial score (nSPS) is 11.7. The highest BCUT2D eigenvalue weighted by atomic mass is 16.5. The summed E-state index contributed by atoms with van der Waals surface area (Å²) in [5.41, 5.74) is 6.25. The molecule has 0 aliphatic rings. The highest BCUT2D eigenvalue weighted by molar-refractivity contribution is 5.87. The van der Waals surface area contributed by atoms with Gasteiger partial charge >= 0.3 is 12.0 Å².